The number of aromatic nitrogens is 5. The fraction of sp³-hybridized carbons (Fsp3) is 0.333. The third-order valence-electron chi connectivity index (χ3n) is 6.75. The van der Waals surface area contributed by atoms with Gasteiger partial charge in [0.05, 0.1) is 29.2 Å². The number of halogens is 3. The van der Waals surface area contributed by atoms with Crippen molar-refractivity contribution in [1.82, 2.24) is 30.0 Å². The molecule has 4 aromatic rings. The summed E-state index contributed by atoms with van der Waals surface area (Å²) in [5.74, 6) is -0.816. The topological polar surface area (TPSA) is 108 Å². The average molecular weight is 568 g/mol. The molecular formula is C27H28F3N9O2. The predicted molar refractivity (Wildman–Crippen MR) is 146 cm³/mol. The van der Waals surface area contributed by atoms with Crippen LogP contribution in [0.4, 0.5) is 30.5 Å². The summed E-state index contributed by atoms with van der Waals surface area (Å²) in [4.78, 5) is 32.8. The number of benzene rings is 1. The Labute approximate surface area is 234 Å². The number of hydrogen-bond donors (Lipinski definition) is 0. The molecule has 0 spiro atoms. The van der Waals surface area contributed by atoms with E-state index in [4.69, 9.17) is 4.42 Å². The molecule has 5 rings (SSSR count). The SMILES string of the molecule is CN1CCN(c2ncc(-c3cc(N(C)C)c(N(C=O)Cc4ccc(-c5nnc(C(F)F)o5)cn4)cc3F)cn2)CC1. The first-order valence-electron chi connectivity index (χ1n) is 12.8. The zero-order chi connectivity index (χ0) is 29.1. The second-order valence-corrected chi connectivity index (χ2v) is 9.79. The van der Waals surface area contributed by atoms with Crippen molar-refractivity contribution in [3.63, 3.8) is 0 Å². The number of nitrogens with zero attached hydrogens (tertiary/aromatic N) is 9. The van der Waals surface area contributed by atoms with Crippen LogP contribution in [0, 0.1) is 5.82 Å². The number of anilines is 3. The first kappa shape index (κ1) is 28.0. The summed E-state index contributed by atoms with van der Waals surface area (Å²) in [6.45, 7) is 3.50. The fourth-order valence-corrected chi connectivity index (χ4v) is 4.43. The van der Waals surface area contributed by atoms with Crippen molar-refractivity contribution in [1.29, 1.82) is 0 Å². The summed E-state index contributed by atoms with van der Waals surface area (Å²) in [6.07, 6.45) is 2.31. The number of carbonyl (C=O) groups is 1. The molecule has 0 aliphatic carbocycles. The Hall–Kier alpha value is -4.59. The molecule has 1 aromatic carbocycles. The normalized spacial score (nSPS) is 14.0. The zero-order valence-corrected chi connectivity index (χ0v) is 22.7. The van der Waals surface area contributed by atoms with Gasteiger partial charge in [0.25, 0.3) is 5.89 Å². The molecule has 1 aliphatic heterocycles. The lowest BCUT2D eigenvalue weighted by Crippen LogP contribution is -2.45. The first-order chi connectivity index (χ1) is 19.7. The highest BCUT2D eigenvalue weighted by Gasteiger charge is 2.21. The van der Waals surface area contributed by atoms with E-state index in [2.05, 4.69) is 42.0 Å². The molecule has 1 aliphatic rings. The average Bonchev–Trinajstić information content (AvgIpc) is 3.48. The fourth-order valence-electron chi connectivity index (χ4n) is 4.43. The molecule has 1 amide bonds. The molecule has 0 N–H and O–H groups in total. The van der Waals surface area contributed by atoms with Crippen LogP contribution in [0.5, 0.6) is 0 Å². The number of hydrogen-bond acceptors (Lipinski definition) is 10. The molecule has 11 nitrogen and oxygen atoms in total. The third-order valence-corrected chi connectivity index (χ3v) is 6.75. The van der Waals surface area contributed by atoms with Crippen LogP contribution in [0.1, 0.15) is 18.0 Å². The van der Waals surface area contributed by atoms with E-state index >= 15 is 4.39 Å². The van der Waals surface area contributed by atoms with Gasteiger partial charge in [0, 0.05) is 76.1 Å². The van der Waals surface area contributed by atoms with Gasteiger partial charge in [-0.3, -0.25) is 9.78 Å². The molecule has 1 fully saturated rings. The Kier molecular flexibility index (Phi) is 8.10. The van der Waals surface area contributed by atoms with Crippen LogP contribution in [-0.2, 0) is 11.3 Å². The standard InChI is InChI=1S/C27H28F3N9O2/c1-36(2)22-10-20(18-13-32-27(33-14-18)38-8-6-37(3)7-9-38)21(28)11-23(22)39(16-40)15-19-5-4-17(12-31-19)25-34-35-26(41-25)24(29)30/h4-5,10-14,16,24H,6-9,15H2,1-3H3. The molecule has 41 heavy (non-hydrogen) atoms. The van der Waals surface area contributed by atoms with Crippen LogP contribution in [0.3, 0.4) is 0 Å². The molecule has 214 valence electrons. The molecule has 0 unspecified atom stereocenters. The van der Waals surface area contributed by atoms with Crippen LogP contribution >= 0.6 is 0 Å². The maximum atomic E-state index is 15.5. The number of alkyl halides is 2. The Morgan fingerprint density at radius 2 is 1.68 bits per heavy atom. The second kappa shape index (κ2) is 11.9. The summed E-state index contributed by atoms with van der Waals surface area (Å²) < 4.78 is 45.9. The van der Waals surface area contributed by atoms with Gasteiger partial charge in [-0.25, -0.2) is 14.4 Å². The zero-order valence-electron chi connectivity index (χ0n) is 22.7. The molecule has 0 saturated carbocycles. The van der Waals surface area contributed by atoms with E-state index in [1.165, 1.54) is 17.2 Å². The third kappa shape index (κ3) is 6.11. The van der Waals surface area contributed by atoms with E-state index in [9.17, 15) is 13.6 Å². The highest BCUT2D eigenvalue weighted by Crippen LogP contribution is 2.36. The summed E-state index contributed by atoms with van der Waals surface area (Å²) in [5.41, 5.74) is 2.57. The lowest BCUT2D eigenvalue weighted by atomic mass is 10.1. The maximum absolute atomic E-state index is 15.5. The van der Waals surface area contributed by atoms with Gasteiger partial charge < -0.3 is 24.0 Å². The smallest absolute Gasteiger partial charge is 0.314 e. The second-order valence-electron chi connectivity index (χ2n) is 9.79. The predicted octanol–water partition coefficient (Wildman–Crippen LogP) is 3.65. The lowest BCUT2D eigenvalue weighted by Gasteiger charge is -2.32. The van der Waals surface area contributed by atoms with Gasteiger partial charge in [-0.05, 0) is 25.2 Å². The molecule has 0 atom stereocenters. The highest BCUT2D eigenvalue weighted by molar-refractivity contribution is 5.87. The Morgan fingerprint density at radius 1 is 0.976 bits per heavy atom. The number of pyridine rings is 1. The van der Waals surface area contributed by atoms with E-state index in [0.717, 1.165) is 26.2 Å². The van der Waals surface area contributed by atoms with Crippen molar-refractivity contribution >= 4 is 23.7 Å². The van der Waals surface area contributed by atoms with Crippen LogP contribution in [-0.4, -0.2) is 83.8 Å². The van der Waals surface area contributed by atoms with E-state index in [-0.39, 0.29) is 12.4 Å². The maximum Gasteiger partial charge on any atom is 0.314 e. The van der Waals surface area contributed by atoms with E-state index in [1.54, 1.807) is 49.6 Å². The number of amides is 1. The van der Waals surface area contributed by atoms with E-state index < -0.39 is 18.1 Å². The Bertz CT molecular complexity index is 1490. The molecule has 4 heterocycles. The number of rotatable bonds is 9. The summed E-state index contributed by atoms with van der Waals surface area (Å²) in [6, 6.07) is 6.11. The van der Waals surface area contributed by atoms with Gasteiger partial charge >= 0.3 is 6.43 Å². The van der Waals surface area contributed by atoms with Crippen LogP contribution < -0.4 is 14.7 Å². The van der Waals surface area contributed by atoms with Gasteiger partial charge in [-0.2, -0.15) is 8.78 Å². The largest absolute Gasteiger partial charge is 0.415 e. The van der Waals surface area contributed by atoms with Crippen molar-refractivity contribution in [2.24, 2.45) is 0 Å². The molecule has 0 radical (unpaired) electrons. The number of carbonyl (C=O) groups excluding carboxylic acids is 1. The van der Waals surface area contributed by atoms with Crippen LogP contribution in [0.2, 0.25) is 0 Å². The quantitative estimate of drug-likeness (QED) is 0.278. The molecule has 14 heteroatoms. The van der Waals surface area contributed by atoms with Gasteiger partial charge in [-0.1, -0.05) is 0 Å². The number of piperazine rings is 1. The lowest BCUT2D eigenvalue weighted by molar-refractivity contribution is -0.107. The number of likely N-dealkylation sites (N-methyl/N-ethyl adjacent to an activating group) is 1. The van der Waals surface area contributed by atoms with Gasteiger partial charge in [-0.15, -0.1) is 10.2 Å². The van der Waals surface area contributed by atoms with Gasteiger partial charge in [0.15, 0.2) is 0 Å². The van der Waals surface area contributed by atoms with Crippen LogP contribution in [0.25, 0.3) is 22.6 Å². The highest BCUT2D eigenvalue weighted by atomic mass is 19.3. The van der Waals surface area contributed by atoms with Crippen molar-refractivity contribution in [2.75, 3.05) is 62.0 Å². The summed E-state index contributed by atoms with van der Waals surface area (Å²) in [7, 11) is 5.66. The molecule has 3 aromatic heterocycles. The van der Waals surface area contributed by atoms with Crippen molar-refractivity contribution in [3.05, 3.63) is 60.3 Å². The van der Waals surface area contributed by atoms with Gasteiger partial charge in [0.2, 0.25) is 18.2 Å². The molecule has 1 saturated heterocycles. The summed E-state index contributed by atoms with van der Waals surface area (Å²) in [5, 5.41) is 6.91. The minimum absolute atomic E-state index is 0.0261. The minimum Gasteiger partial charge on any atom is -0.415 e. The molecule has 0 bridgehead atoms. The Morgan fingerprint density at radius 3 is 2.27 bits per heavy atom. The summed E-state index contributed by atoms with van der Waals surface area (Å²) >= 11 is 0. The van der Waals surface area contributed by atoms with Crippen molar-refractivity contribution in [2.45, 2.75) is 13.0 Å². The monoisotopic (exact) mass is 567 g/mol. The molecular weight excluding hydrogens is 539 g/mol. The Balaban J connectivity index is 1.37. The van der Waals surface area contributed by atoms with E-state index in [0.29, 0.717) is 46.1 Å². The van der Waals surface area contributed by atoms with Crippen molar-refractivity contribution < 1.29 is 22.4 Å². The van der Waals surface area contributed by atoms with Gasteiger partial charge in [0.1, 0.15) is 5.82 Å². The first-order valence-corrected chi connectivity index (χ1v) is 12.8. The van der Waals surface area contributed by atoms with Crippen LogP contribution in [0.15, 0.2) is 47.3 Å². The van der Waals surface area contributed by atoms with Crippen molar-refractivity contribution in [3.8, 4) is 22.6 Å². The van der Waals surface area contributed by atoms with E-state index in [1.807, 2.05) is 0 Å². The minimum atomic E-state index is -2.88.